The first-order valence-electron chi connectivity index (χ1n) is 13.4. The largest absolute Gasteiger partial charge is 0.354 e. The van der Waals surface area contributed by atoms with Crippen LogP contribution in [0.3, 0.4) is 0 Å². The van der Waals surface area contributed by atoms with E-state index in [0.717, 1.165) is 78.5 Å². The zero-order valence-corrected chi connectivity index (χ0v) is 22.3. The van der Waals surface area contributed by atoms with Gasteiger partial charge in [-0.15, -0.1) is 0 Å². The molecule has 1 saturated heterocycles. The van der Waals surface area contributed by atoms with E-state index in [1.807, 2.05) is 46.8 Å². The summed E-state index contributed by atoms with van der Waals surface area (Å²) in [5, 5.41) is 5.87. The highest BCUT2D eigenvalue weighted by Gasteiger charge is 2.25. The van der Waals surface area contributed by atoms with Crippen molar-refractivity contribution in [2.24, 2.45) is 5.92 Å². The summed E-state index contributed by atoms with van der Waals surface area (Å²) in [7, 11) is 0. The number of nitrogens with zero attached hydrogens (tertiary/aromatic N) is 6. The molecule has 1 amide bonds. The summed E-state index contributed by atoms with van der Waals surface area (Å²) in [6.07, 6.45) is 2.66. The average Bonchev–Trinajstić information content (AvgIpc) is 3.07. The summed E-state index contributed by atoms with van der Waals surface area (Å²) in [6, 6.07) is 18.2. The Morgan fingerprint density at radius 1 is 0.946 bits per heavy atom. The van der Waals surface area contributed by atoms with E-state index in [2.05, 4.69) is 49.9 Å². The minimum Gasteiger partial charge on any atom is -0.354 e. The van der Waals surface area contributed by atoms with Gasteiger partial charge in [0.05, 0.1) is 16.8 Å². The Hall–Kier alpha value is -3.74. The molecule has 0 bridgehead atoms. The summed E-state index contributed by atoms with van der Waals surface area (Å²) >= 11 is 0. The first-order valence-corrected chi connectivity index (χ1v) is 13.4. The third kappa shape index (κ3) is 5.22. The predicted octanol–water partition coefficient (Wildman–Crippen LogP) is 5.24. The van der Waals surface area contributed by atoms with E-state index in [-0.39, 0.29) is 5.91 Å². The zero-order chi connectivity index (χ0) is 25.9. The third-order valence-electron chi connectivity index (χ3n) is 7.01. The van der Waals surface area contributed by atoms with Gasteiger partial charge in [0.1, 0.15) is 11.6 Å². The van der Waals surface area contributed by atoms with Crippen molar-refractivity contribution in [3.63, 3.8) is 0 Å². The third-order valence-corrected chi connectivity index (χ3v) is 7.01. The van der Waals surface area contributed by atoms with E-state index >= 15 is 0 Å². The number of fused-ring (bicyclic) bond motifs is 1. The van der Waals surface area contributed by atoms with Crippen LogP contribution in [0.5, 0.6) is 0 Å². The van der Waals surface area contributed by atoms with Gasteiger partial charge < -0.3 is 9.80 Å². The van der Waals surface area contributed by atoms with Crippen molar-refractivity contribution < 1.29 is 4.79 Å². The molecule has 5 rings (SSSR count). The van der Waals surface area contributed by atoms with Crippen molar-refractivity contribution in [3.8, 4) is 5.69 Å². The van der Waals surface area contributed by atoms with Crippen molar-refractivity contribution in [1.29, 1.82) is 0 Å². The SMILES string of the molecule is CCc1ccc(C(=O)N2CCCN(c3nc(CC(C)C)nc4c3c(C)nn4-c3ccccc3)CC2)cc1. The Balaban J connectivity index is 1.47. The molecule has 7 heteroatoms. The zero-order valence-electron chi connectivity index (χ0n) is 22.3. The average molecular weight is 497 g/mol. The lowest BCUT2D eigenvalue weighted by Crippen LogP contribution is -2.35. The Labute approximate surface area is 219 Å². The summed E-state index contributed by atoms with van der Waals surface area (Å²) in [4.78, 5) is 27.6. The smallest absolute Gasteiger partial charge is 0.253 e. The standard InChI is InChI=1S/C30H36N6O/c1-5-23-12-14-24(15-13-23)30(37)35-17-9-16-34(18-19-35)28-27-22(4)33-36(25-10-7-6-8-11-25)29(27)32-26(31-28)20-21(2)3/h6-8,10-15,21H,5,9,16-20H2,1-4H3. The Kier molecular flexibility index (Phi) is 7.22. The molecule has 37 heavy (non-hydrogen) atoms. The maximum atomic E-state index is 13.3. The van der Waals surface area contributed by atoms with Crippen LogP contribution in [-0.2, 0) is 12.8 Å². The second kappa shape index (κ2) is 10.7. The molecule has 7 nitrogen and oxygen atoms in total. The van der Waals surface area contributed by atoms with Gasteiger partial charge in [-0.25, -0.2) is 14.6 Å². The van der Waals surface area contributed by atoms with Gasteiger partial charge in [0, 0.05) is 38.2 Å². The molecule has 1 aliphatic rings. The second-order valence-corrected chi connectivity index (χ2v) is 10.3. The molecule has 2 aromatic carbocycles. The molecule has 3 heterocycles. The van der Waals surface area contributed by atoms with Gasteiger partial charge >= 0.3 is 0 Å². The lowest BCUT2D eigenvalue weighted by Gasteiger charge is -2.24. The summed E-state index contributed by atoms with van der Waals surface area (Å²) < 4.78 is 1.94. The first-order chi connectivity index (χ1) is 17.9. The van der Waals surface area contributed by atoms with Gasteiger partial charge in [0.25, 0.3) is 5.91 Å². The molecule has 192 valence electrons. The number of amides is 1. The van der Waals surface area contributed by atoms with Crippen LogP contribution < -0.4 is 4.90 Å². The van der Waals surface area contributed by atoms with E-state index in [4.69, 9.17) is 15.1 Å². The fourth-order valence-electron chi connectivity index (χ4n) is 5.04. The van der Waals surface area contributed by atoms with Crippen LogP contribution in [0, 0.1) is 12.8 Å². The molecule has 1 fully saturated rings. The van der Waals surface area contributed by atoms with Gasteiger partial charge in [-0.05, 0) is 55.5 Å². The molecular weight excluding hydrogens is 460 g/mol. The van der Waals surface area contributed by atoms with Crippen molar-refractivity contribution in [1.82, 2.24) is 24.6 Å². The monoisotopic (exact) mass is 496 g/mol. The van der Waals surface area contributed by atoms with Crippen LogP contribution in [0.4, 0.5) is 5.82 Å². The van der Waals surface area contributed by atoms with Crippen LogP contribution in [0.15, 0.2) is 54.6 Å². The van der Waals surface area contributed by atoms with Gasteiger partial charge in [0.2, 0.25) is 0 Å². The number of anilines is 1. The highest BCUT2D eigenvalue weighted by Crippen LogP contribution is 2.30. The van der Waals surface area contributed by atoms with Crippen molar-refractivity contribution in [2.75, 3.05) is 31.1 Å². The lowest BCUT2D eigenvalue weighted by molar-refractivity contribution is 0.0767. The summed E-state index contributed by atoms with van der Waals surface area (Å²) in [5.41, 5.74) is 4.75. The van der Waals surface area contributed by atoms with Crippen molar-refractivity contribution >= 4 is 22.8 Å². The number of hydrogen-bond donors (Lipinski definition) is 0. The van der Waals surface area contributed by atoms with Crippen LogP contribution >= 0.6 is 0 Å². The van der Waals surface area contributed by atoms with Gasteiger partial charge in [0.15, 0.2) is 5.65 Å². The molecule has 0 saturated carbocycles. The van der Waals surface area contributed by atoms with E-state index in [1.54, 1.807) is 0 Å². The van der Waals surface area contributed by atoms with Crippen molar-refractivity contribution in [2.45, 2.75) is 47.0 Å². The molecule has 0 unspecified atom stereocenters. The maximum absolute atomic E-state index is 13.3. The van der Waals surface area contributed by atoms with Gasteiger partial charge in [-0.1, -0.05) is 51.1 Å². The first kappa shape index (κ1) is 24.9. The van der Waals surface area contributed by atoms with E-state index in [9.17, 15) is 4.79 Å². The number of para-hydroxylation sites is 1. The van der Waals surface area contributed by atoms with E-state index < -0.39 is 0 Å². The van der Waals surface area contributed by atoms with E-state index in [1.165, 1.54) is 5.56 Å². The minimum absolute atomic E-state index is 0.103. The van der Waals surface area contributed by atoms with Crippen LogP contribution in [0.1, 0.15) is 54.6 Å². The quantitative estimate of drug-likeness (QED) is 0.365. The molecule has 0 aliphatic carbocycles. The number of aryl methyl sites for hydroxylation is 2. The summed E-state index contributed by atoms with van der Waals surface area (Å²) in [6.45, 7) is 11.5. The topological polar surface area (TPSA) is 67.2 Å². The van der Waals surface area contributed by atoms with Crippen molar-refractivity contribution in [3.05, 3.63) is 77.2 Å². The number of benzene rings is 2. The minimum atomic E-state index is 0.103. The Morgan fingerprint density at radius 3 is 2.41 bits per heavy atom. The normalized spacial score (nSPS) is 14.4. The van der Waals surface area contributed by atoms with Gasteiger partial charge in [-0.3, -0.25) is 4.79 Å². The number of aromatic nitrogens is 4. The number of rotatable bonds is 6. The maximum Gasteiger partial charge on any atom is 0.253 e. The number of carbonyl (C=O) groups is 1. The molecule has 0 N–H and O–H groups in total. The molecule has 2 aromatic heterocycles. The molecule has 4 aromatic rings. The highest BCUT2D eigenvalue weighted by molar-refractivity contribution is 5.94. The molecule has 0 atom stereocenters. The predicted molar refractivity (Wildman–Crippen MR) is 148 cm³/mol. The van der Waals surface area contributed by atoms with Crippen LogP contribution in [0.2, 0.25) is 0 Å². The van der Waals surface area contributed by atoms with E-state index in [0.29, 0.717) is 12.5 Å². The molecule has 0 spiro atoms. The summed E-state index contributed by atoms with van der Waals surface area (Å²) in [5.74, 6) is 2.31. The Bertz CT molecular complexity index is 1380. The number of hydrogen-bond acceptors (Lipinski definition) is 5. The number of carbonyl (C=O) groups excluding carboxylic acids is 1. The van der Waals surface area contributed by atoms with Crippen LogP contribution in [-0.4, -0.2) is 56.7 Å². The molecular formula is C30H36N6O. The fourth-order valence-corrected chi connectivity index (χ4v) is 5.04. The van der Waals surface area contributed by atoms with Gasteiger partial charge in [-0.2, -0.15) is 5.10 Å². The molecule has 0 radical (unpaired) electrons. The lowest BCUT2D eigenvalue weighted by atomic mass is 10.1. The Morgan fingerprint density at radius 2 is 1.70 bits per heavy atom. The highest BCUT2D eigenvalue weighted by atomic mass is 16.2. The molecule has 1 aliphatic heterocycles. The fraction of sp³-hybridized carbons (Fsp3) is 0.400. The second-order valence-electron chi connectivity index (χ2n) is 10.3. The van der Waals surface area contributed by atoms with Crippen LogP contribution in [0.25, 0.3) is 16.7 Å².